The van der Waals surface area contributed by atoms with Crippen LogP contribution in [-0.4, -0.2) is 76.2 Å². The van der Waals surface area contributed by atoms with E-state index in [0.29, 0.717) is 19.6 Å². The molecule has 2 amide bonds. The van der Waals surface area contributed by atoms with Crippen LogP contribution in [0, 0.1) is 0 Å². The molecule has 1 saturated heterocycles. The number of β-amino-alcohol motifs (C(OH)–C–C–N with tert-alkyl or cyclic N) is 1. The van der Waals surface area contributed by atoms with Gasteiger partial charge in [-0.1, -0.05) is 30.3 Å². The lowest BCUT2D eigenvalue weighted by atomic mass is 9.67. The lowest BCUT2D eigenvalue weighted by molar-refractivity contribution is -0.0725. The van der Waals surface area contributed by atoms with Crippen molar-refractivity contribution in [2.24, 2.45) is 5.73 Å². The monoisotopic (exact) mass is 428 g/mol. The standard InChI is InChI=1S/C25H40N4O2/c1-22(2,26)17-28-18-23(29(21(28)30)19-24(31)11-8-12-24)13-15-25(16-14-23,27(3)4)20-9-6-5-7-10-20/h5-7,9-10,31H,8,11-19,26H2,1-4H3. The Morgan fingerprint density at radius 3 is 2.16 bits per heavy atom. The van der Waals surface area contributed by atoms with E-state index >= 15 is 0 Å². The number of aliphatic hydroxyl groups is 1. The van der Waals surface area contributed by atoms with Crippen LogP contribution in [0.25, 0.3) is 0 Å². The number of carbonyl (C=O) groups excluding carboxylic acids is 1. The quantitative estimate of drug-likeness (QED) is 0.730. The molecule has 6 heteroatoms. The highest BCUT2D eigenvalue weighted by molar-refractivity contribution is 5.78. The van der Waals surface area contributed by atoms with Crippen LogP contribution in [0.5, 0.6) is 0 Å². The Kier molecular flexibility index (Phi) is 5.64. The van der Waals surface area contributed by atoms with Gasteiger partial charge in [0, 0.05) is 24.2 Å². The van der Waals surface area contributed by atoms with Gasteiger partial charge >= 0.3 is 6.03 Å². The Labute approximate surface area is 187 Å². The Bertz CT molecular complexity index is 789. The van der Waals surface area contributed by atoms with E-state index in [4.69, 9.17) is 5.73 Å². The summed E-state index contributed by atoms with van der Waals surface area (Å²) in [5.74, 6) is 0. The van der Waals surface area contributed by atoms with Crippen molar-refractivity contribution in [1.82, 2.24) is 14.7 Å². The summed E-state index contributed by atoms with van der Waals surface area (Å²) in [4.78, 5) is 19.8. The van der Waals surface area contributed by atoms with Crippen LogP contribution < -0.4 is 5.73 Å². The zero-order chi connectivity index (χ0) is 22.5. The third kappa shape index (κ3) is 4.10. The molecule has 1 aromatic carbocycles. The number of nitrogens with zero attached hydrogens (tertiary/aromatic N) is 3. The second kappa shape index (κ2) is 7.75. The average molecular weight is 429 g/mol. The fourth-order valence-corrected chi connectivity index (χ4v) is 6.07. The molecule has 1 aliphatic heterocycles. The van der Waals surface area contributed by atoms with Crippen molar-refractivity contribution in [3.05, 3.63) is 35.9 Å². The smallest absolute Gasteiger partial charge is 0.320 e. The average Bonchev–Trinajstić information content (AvgIpc) is 2.92. The van der Waals surface area contributed by atoms with Gasteiger partial charge in [-0.25, -0.2) is 4.79 Å². The number of carbonyl (C=O) groups is 1. The molecule has 0 radical (unpaired) electrons. The minimum Gasteiger partial charge on any atom is -0.388 e. The Morgan fingerprint density at radius 1 is 1.06 bits per heavy atom. The predicted octanol–water partition coefficient (Wildman–Crippen LogP) is 3.15. The van der Waals surface area contributed by atoms with E-state index in [2.05, 4.69) is 49.3 Å². The lowest BCUT2D eigenvalue weighted by Crippen LogP contribution is -2.59. The van der Waals surface area contributed by atoms with E-state index in [-0.39, 0.29) is 17.1 Å². The second-order valence-electron chi connectivity index (χ2n) is 11.3. The van der Waals surface area contributed by atoms with Crippen molar-refractivity contribution >= 4 is 6.03 Å². The molecule has 3 aliphatic rings. The summed E-state index contributed by atoms with van der Waals surface area (Å²) in [5.41, 5.74) is 6.25. The zero-order valence-electron chi connectivity index (χ0n) is 19.7. The van der Waals surface area contributed by atoms with Gasteiger partial charge in [0.25, 0.3) is 0 Å². The first kappa shape index (κ1) is 22.6. The Hall–Kier alpha value is -1.63. The minimum atomic E-state index is -0.716. The third-order valence-corrected chi connectivity index (χ3v) is 8.07. The van der Waals surface area contributed by atoms with Crippen molar-refractivity contribution in [1.29, 1.82) is 0 Å². The molecule has 4 rings (SSSR count). The van der Waals surface area contributed by atoms with E-state index in [1.165, 1.54) is 5.56 Å². The molecule has 1 heterocycles. The van der Waals surface area contributed by atoms with Crippen LogP contribution in [0.1, 0.15) is 64.4 Å². The van der Waals surface area contributed by atoms with Crippen molar-refractivity contribution in [2.75, 3.05) is 33.7 Å². The van der Waals surface area contributed by atoms with Gasteiger partial charge in [-0.2, -0.15) is 0 Å². The van der Waals surface area contributed by atoms with Gasteiger partial charge in [-0.3, -0.25) is 4.90 Å². The molecule has 1 aromatic rings. The van der Waals surface area contributed by atoms with Crippen LogP contribution in [-0.2, 0) is 5.54 Å². The molecule has 31 heavy (non-hydrogen) atoms. The molecule has 3 N–H and O–H groups in total. The molecule has 2 saturated carbocycles. The minimum absolute atomic E-state index is 0.0187. The van der Waals surface area contributed by atoms with Crippen molar-refractivity contribution in [3.8, 4) is 0 Å². The Balaban J connectivity index is 1.61. The highest BCUT2D eigenvalue weighted by atomic mass is 16.3. The lowest BCUT2D eigenvalue weighted by Gasteiger charge is -2.52. The first-order chi connectivity index (χ1) is 14.5. The third-order valence-electron chi connectivity index (χ3n) is 8.07. The summed E-state index contributed by atoms with van der Waals surface area (Å²) >= 11 is 0. The second-order valence-corrected chi connectivity index (χ2v) is 11.3. The van der Waals surface area contributed by atoms with Crippen LogP contribution in [0.4, 0.5) is 4.79 Å². The highest BCUT2D eigenvalue weighted by Crippen LogP contribution is 2.50. The van der Waals surface area contributed by atoms with Gasteiger partial charge in [0.15, 0.2) is 0 Å². The molecular weight excluding hydrogens is 388 g/mol. The van der Waals surface area contributed by atoms with Crippen LogP contribution >= 0.6 is 0 Å². The number of amides is 2. The van der Waals surface area contributed by atoms with Gasteiger partial charge in [0.1, 0.15) is 0 Å². The van der Waals surface area contributed by atoms with E-state index in [0.717, 1.165) is 44.9 Å². The van der Waals surface area contributed by atoms with Crippen molar-refractivity contribution in [3.63, 3.8) is 0 Å². The van der Waals surface area contributed by atoms with Gasteiger partial charge < -0.3 is 20.6 Å². The van der Waals surface area contributed by atoms with Crippen molar-refractivity contribution in [2.45, 2.75) is 81.0 Å². The zero-order valence-corrected chi connectivity index (χ0v) is 19.7. The summed E-state index contributed by atoms with van der Waals surface area (Å²) in [6.07, 6.45) is 6.48. The normalized spacial score (nSPS) is 30.9. The molecule has 1 spiro atoms. The van der Waals surface area contributed by atoms with Gasteiger partial charge in [0.2, 0.25) is 0 Å². The first-order valence-corrected chi connectivity index (χ1v) is 11.8. The van der Waals surface area contributed by atoms with E-state index in [1.54, 1.807) is 0 Å². The summed E-state index contributed by atoms with van der Waals surface area (Å²) in [7, 11) is 4.34. The molecular formula is C25H40N4O2. The van der Waals surface area contributed by atoms with Gasteiger partial charge in [-0.15, -0.1) is 0 Å². The van der Waals surface area contributed by atoms with E-state index in [9.17, 15) is 9.90 Å². The fraction of sp³-hybridized carbons (Fsp3) is 0.720. The van der Waals surface area contributed by atoms with Crippen molar-refractivity contribution < 1.29 is 9.90 Å². The maximum absolute atomic E-state index is 13.5. The van der Waals surface area contributed by atoms with E-state index < -0.39 is 11.1 Å². The first-order valence-electron chi connectivity index (χ1n) is 11.8. The molecule has 0 bridgehead atoms. The molecule has 0 atom stereocenters. The van der Waals surface area contributed by atoms with Crippen LogP contribution in [0.3, 0.4) is 0 Å². The number of urea groups is 1. The van der Waals surface area contributed by atoms with Gasteiger partial charge in [-0.05, 0) is 78.5 Å². The summed E-state index contributed by atoms with van der Waals surface area (Å²) in [6.45, 7) is 5.65. The maximum atomic E-state index is 13.5. The molecule has 3 fully saturated rings. The highest BCUT2D eigenvalue weighted by Gasteiger charge is 2.56. The van der Waals surface area contributed by atoms with Crippen LogP contribution in [0.2, 0.25) is 0 Å². The molecule has 0 unspecified atom stereocenters. The predicted molar refractivity (Wildman–Crippen MR) is 124 cm³/mol. The summed E-state index contributed by atoms with van der Waals surface area (Å²) in [5, 5.41) is 10.9. The number of nitrogens with two attached hydrogens (primary N) is 1. The van der Waals surface area contributed by atoms with Gasteiger partial charge in [0.05, 0.1) is 17.7 Å². The summed E-state index contributed by atoms with van der Waals surface area (Å²) < 4.78 is 0. The molecule has 6 nitrogen and oxygen atoms in total. The topological polar surface area (TPSA) is 73.0 Å². The van der Waals surface area contributed by atoms with Crippen LogP contribution in [0.15, 0.2) is 30.3 Å². The molecule has 0 aromatic heterocycles. The Morgan fingerprint density at radius 2 is 1.68 bits per heavy atom. The fourth-order valence-electron chi connectivity index (χ4n) is 6.07. The largest absolute Gasteiger partial charge is 0.388 e. The maximum Gasteiger partial charge on any atom is 0.320 e. The SMILES string of the molecule is CN(C)C1(c2ccccc2)CCC2(CC1)CN(CC(C)(C)N)C(=O)N2CC1(O)CCC1. The number of benzene rings is 1. The molecule has 172 valence electrons. The number of hydrogen-bond donors (Lipinski definition) is 2. The van der Waals surface area contributed by atoms with E-state index in [1.807, 2.05) is 23.6 Å². The molecule has 2 aliphatic carbocycles. The summed E-state index contributed by atoms with van der Waals surface area (Å²) in [6, 6.07) is 10.8. The number of hydrogen-bond acceptors (Lipinski definition) is 4. The number of rotatable bonds is 6.